The molecular weight excluding hydrogens is 430 g/mol. The van der Waals surface area contributed by atoms with Gasteiger partial charge in [-0.3, -0.25) is 0 Å². The van der Waals surface area contributed by atoms with Crippen LogP contribution < -0.4 is 0 Å². The molecule has 1 aliphatic rings. The largest absolute Gasteiger partial charge is 0.380 e. The Hall–Kier alpha value is -0.120. The van der Waals surface area contributed by atoms with Gasteiger partial charge in [0.25, 0.3) is 0 Å². The Labute approximate surface area is 221 Å². The first-order chi connectivity index (χ1) is 17.1. The molecule has 0 saturated heterocycles. The summed E-state index contributed by atoms with van der Waals surface area (Å²) in [4.78, 5) is 2.31. The first-order valence-electron chi connectivity index (χ1n) is 16.0. The fourth-order valence-corrected chi connectivity index (χ4v) is 5.40. The van der Waals surface area contributed by atoms with Gasteiger partial charge in [0.15, 0.2) is 0 Å². The molecule has 1 fully saturated rings. The van der Waals surface area contributed by atoms with Crippen molar-refractivity contribution in [1.82, 2.24) is 4.90 Å². The molecule has 0 aromatic heterocycles. The van der Waals surface area contributed by atoms with Gasteiger partial charge in [-0.2, -0.15) is 0 Å². The Bertz CT molecular complexity index is 441. The van der Waals surface area contributed by atoms with E-state index in [1.54, 1.807) is 0 Å². The number of likely N-dealkylation sites (N-methyl/N-ethyl adjacent to an activating group) is 1. The summed E-state index contributed by atoms with van der Waals surface area (Å²) in [5.74, 6) is 1.76. The molecular formula is C32H65NO2. The number of unbranched alkanes of at least 4 members (excludes halogenated alkanes) is 14. The molecule has 0 radical (unpaired) electrons. The molecule has 3 unspecified atom stereocenters. The molecule has 0 aliphatic heterocycles. The summed E-state index contributed by atoms with van der Waals surface area (Å²) < 4.78 is 12.8. The first kappa shape index (κ1) is 32.9. The Morgan fingerprint density at radius 1 is 0.657 bits per heavy atom. The lowest BCUT2D eigenvalue weighted by Gasteiger charge is -2.27. The monoisotopic (exact) mass is 496 g/mol. The van der Waals surface area contributed by atoms with Crippen LogP contribution in [0.25, 0.3) is 0 Å². The third-order valence-corrected chi connectivity index (χ3v) is 8.16. The highest BCUT2D eigenvalue weighted by atomic mass is 16.5. The molecule has 0 amide bonds. The molecule has 35 heavy (non-hydrogen) atoms. The maximum Gasteiger partial charge on any atom is 0.0648 e. The molecule has 3 nitrogen and oxygen atoms in total. The summed E-state index contributed by atoms with van der Waals surface area (Å²) >= 11 is 0. The van der Waals surface area contributed by atoms with E-state index in [0.29, 0.717) is 12.1 Å². The van der Waals surface area contributed by atoms with E-state index in [1.807, 2.05) is 0 Å². The van der Waals surface area contributed by atoms with E-state index in [-0.39, 0.29) is 0 Å². The van der Waals surface area contributed by atoms with Gasteiger partial charge in [-0.05, 0) is 45.2 Å². The van der Waals surface area contributed by atoms with Crippen LogP contribution in [0.3, 0.4) is 0 Å². The van der Waals surface area contributed by atoms with Crippen LogP contribution in [0, 0.1) is 11.8 Å². The lowest BCUT2D eigenvalue weighted by Crippen LogP contribution is -2.38. The third kappa shape index (κ3) is 17.9. The molecule has 4 atom stereocenters. The van der Waals surface area contributed by atoms with Crippen LogP contribution in [0.4, 0.5) is 0 Å². The van der Waals surface area contributed by atoms with Gasteiger partial charge in [0.1, 0.15) is 0 Å². The molecule has 0 aromatic carbocycles. The first-order valence-corrected chi connectivity index (χ1v) is 16.0. The van der Waals surface area contributed by atoms with Crippen LogP contribution >= 0.6 is 0 Å². The van der Waals surface area contributed by atoms with Crippen molar-refractivity contribution in [3.05, 3.63) is 0 Å². The van der Waals surface area contributed by atoms with E-state index in [4.69, 9.17) is 9.47 Å². The lowest BCUT2D eigenvalue weighted by atomic mass is 10.0. The smallest absolute Gasteiger partial charge is 0.0648 e. The van der Waals surface area contributed by atoms with Gasteiger partial charge < -0.3 is 14.4 Å². The lowest BCUT2D eigenvalue weighted by molar-refractivity contribution is -0.0258. The van der Waals surface area contributed by atoms with Crippen molar-refractivity contribution in [2.24, 2.45) is 11.8 Å². The van der Waals surface area contributed by atoms with E-state index >= 15 is 0 Å². The van der Waals surface area contributed by atoms with Crippen molar-refractivity contribution in [2.75, 3.05) is 33.9 Å². The van der Waals surface area contributed by atoms with Crippen molar-refractivity contribution < 1.29 is 9.47 Å². The highest BCUT2D eigenvalue weighted by molar-refractivity contribution is 4.92. The van der Waals surface area contributed by atoms with Crippen LogP contribution in [-0.4, -0.2) is 51.0 Å². The van der Waals surface area contributed by atoms with E-state index in [2.05, 4.69) is 39.8 Å². The predicted molar refractivity (Wildman–Crippen MR) is 154 cm³/mol. The van der Waals surface area contributed by atoms with Gasteiger partial charge in [-0.25, -0.2) is 0 Å². The molecule has 0 N–H and O–H groups in total. The molecule has 1 saturated carbocycles. The standard InChI is InChI=1S/C32H65NO2/c1-6-9-12-15-18-20-23-29-26-31(29)32(24-21-17-14-11-8-3)35-28-30(33(4)5)27-34-25-22-19-16-13-10-7-2/h29-32H,6-28H2,1-5H3/t29?,30?,31?,32-/m1/s1. The highest BCUT2D eigenvalue weighted by Gasteiger charge is 2.42. The number of nitrogens with zero attached hydrogens (tertiary/aromatic N) is 1. The van der Waals surface area contributed by atoms with Crippen LogP contribution in [0.5, 0.6) is 0 Å². The van der Waals surface area contributed by atoms with E-state index < -0.39 is 0 Å². The van der Waals surface area contributed by atoms with Gasteiger partial charge >= 0.3 is 0 Å². The summed E-state index contributed by atoms with van der Waals surface area (Å²) in [6.07, 6.45) is 27.8. The zero-order valence-electron chi connectivity index (χ0n) is 24.8. The fourth-order valence-electron chi connectivity index (χ4n) is 5.40. The minimum Gasteiger partial charge on any atom is -0.380 e. The van der Waals surface area contributed by atoms with E-state index in [1.165, 1.54) is 128 Å². The van der Waals surface area contributed by atoms with Crippen LogP contribution in [-0.2, 0) is 9.47 Å². The normalized spacial score (nSPS) is 19.4. The molecule has 210 valence electrons. The number of rotatable bonds is 27. The SMILES string of the molecule is CCCCCCCCOCC(CO[C@H](CCCCCCC)C1CC1CCCCCCCC)N(C)C. The maximum atomic E-state index is 6.69. The summed E-state index contributed by atoms with van der Waals surface area (Å²) in [7, 11) is 4.36. The summed E-state index contributed by atoms with van der Waals surface area (Å²) in [6, 6.07) is 0.369. The molecule has 0 aromatic rings. The molecule has 0 bridgehead atoms. The zero-order valence-corrected chi connectivity index (χ0v) is 24.8. The third-order valence-electron chi connectivity index (χ3n) is 8.16. The van der Waals surface area contributed by atoms with Gasteiger partial charge in [0, 0.05) is 6.61 Å². The Balaban J connectivity index is 2.34. The second kappa shape index (κ2) is 23.0. The van der Waals surface area contributed by atoms with Crippen molar-refractivity contribution >= 4 is 0 Å². The second-order valence-electron chi connectivity index (χ2n) is 11.8. The van der Waals surface area contributed by atoms with Crippen molar-refractivity contribution in [1.29, 1.82) is 0 Å². The second-order valence-corrected chi connectivity index (χ2v) is 11.8. The molecule has 3 heteroatoms. The minimum atomic E-state index is 0.369. The van der Waals surface area contributed by atoms with Crippen molar-refractivity contribution in [3.8, 4) is 0 Å². The van der Waals surface area contributed by atoms with Gasteiger partial charge in [0.05, 0.1) is 25.4 Å². The number of hydrogen-bond donors (Lipinski definition) is 0. The van der Waals surface area contributed by atoms with Crippen LogP contribution in [0.2, 0.25) is 0 Å². The van der Waals surface area contributed by atoms with Gasteiger partial charge in [-0.15, -0.1) is 0 Å². The van der Waals surface area contributed by atoms with Crippen molar-refractivity contribution in [3.63, 3.8) is 0 Å². The number of ether oxygens (including phenoxy) is 2. The van der Waals surface area contributed by atoms with Crippen LogP contribution in [0.15, 0.2) is 0 Å². The van der Waals surface area contributed by atoms with E-state index in [0.717, 1.165) is 31.7 Å². The van der Waals surface area contributed by atoms with Crippen molar-refractivity contribution in [2.45, 2.75) is 161 Å². The molecule has 0 heterocycles. The van der Waals surface area contributed by atoms with E-state index in [9.17, 15) is 0 Å². The minimum absolute atomic E-state index is 0.369. The van der Waals surface area contributed by atoms with Crippen LogP contribution in [0.1, 0.15) is 149 Å². The Kier molecular flexibility index (Phi) is 21.7. The average Bonchev–Trinajstić information content (AvgIpc) is 3.62. The number of hydrogen-bond acceptors (Lipinski definition) is 3. The summed E-state index contributed by atoms with van der Waals surface area (Å²) in [5, 5.41) is 0. The topological polar surface area (TPSA) is 21.7 Å². The highest BCUT2D eigenvalue weighted by Crippen LogP contribution is 2.47. The van der Waals surface area contributed by atoms with Gasteiger partial charge in [0.2, 0.25) is 0 Å². The average molecular weight is 496 g/mol. The maximum absolute atomic E-state index is 6.69. The quantitative estimate of drug-likeness (QED) is 0.106. The molecule has 1 aliphatic carbocycles. The summed E-state index contributed by atoms with van der Waals surface area (Å²) in [5.41, 5.74) is 0. The predicted octanol–water partition coefficient (Wildman–Crippen LogP) is 9.43. The zero-order chi connectivity index (χ0) is 25.6. The Morgan fingerprint density at radius 2 is 1.20 bits per heavy atom. The Morgan fingerprint density at radius 3 is 1.80 bits per heavy atom. The van der Waals surface area contributed by atoms with Gasteiger partial charge in [-0.1, -0.05) is 130 Å². The molecule has 0 spiro atoms. The molecule has 1 rings (SSSR count). The fraction of sp³-hybridized carbons (Fsp3) is 1.00. The summed E-state index contributed by atoms with van der Waals surface area (Å²) in [6.45, 7) is 9.42.